The van der Waals surface area contributed by atoms with Gasteiger partial charge in [-0.2, -0.15) is 5.10 Å². The van der Waals surface area contributed by atoms with Gasteiger partial charge in [-0.05, 0) is 37.1 Å². The van der Waals surface area contributed by atoms with Crippen LogP contribution in [0.1, 0.15) is 30.6 Å². The van der Waals surface area contributed by atoms with Gasteiger partial charge in [0.05, 0.1) is 24.6 Å². The van der Waals surface area contributed by atoms with Crippen LogP contribution >= 0.6 is 0 Å². The first-order valence-corrected chi connectivity index (χ1v) is 10.5. The van der Waals surface area contributed by atoms with Crippen molar-refractivity contribution in [3.05, 3.63) is 47.8 Å². The van der Waals surface area contributed by atoms with Crippen molar-refractivity contribution in [3.63, 3.8) is 0 Å². The fourth-order valence-corrected chi connectivity index (χ4v) is 3.94. The van der Waals surface area contributed by atoms with E-state index in [0.29, 0.717) is 13.0 Å². The van der Waals surface area contributed by atoms with Gasteiger partial charge in [0.25, 0.3) is 0 Å². The second-order valence-corrected chi connectivity index (χ2v) is 8.62. The number of hydrogen-bond donors (Lipinski definition) is 1. The molecule has 1 aliphatic heterocycles. The molecular formula is C18H26N4O3S. The fourth-order valence-electron chi connectivity index (χ4n) is 3.31. The Labute approximate surface area is 155 Å². The highest BCUT2D eigenvalue weighted by Crippen LogP contribution is 2.25. The molecule has 0 radical (unpaired) electrons. The molecule has 1 aromatic carbocycles. The van der Waals surface area contributed by atoms with E-state index in [-0.39, 0.29) is 11.8 Å². The van der Waals surface area contributed by atoms with Crippen molar-refractivity contribution in [3.8, 4) is 5.75 Å². The number of hydrogen-bond acceptors (Lipinski definition) is 5. The number of fused-ring (bicyclic) bond motifs is 1. The number of sulfonamides is 1. The second-order valence-electron chi connectivity index (χ2n) is 6.53. The molecule has 0 saturated heterocycles. The van der Waals surface area contributed by atoms with Crippen LogP contribution < -0.4 is 9.46 Å². The van der Waals surface area contributed by atoms with E-state index in [9.17, 15) is 8.42 Å². The molecule has 0 aliphatic carbocycles. The minimum absolute atomic E-state index is 0.104. The molecule has 1 atom stereocenters. The number of nitrogens with zero attached hydrogens (tertiary/aromatic N) is 3. The van der Waals surface area contributed by atoms with E-state index < -0.39 is 10.0 Å². The van der Waals surface area contributed by atoms with Gasteiger partial charge in [0.1, 0.15) is 5.75 Å². The van der Waals surface area contributed by atoms with Crippen LogP contribution in [0, 0.1) is 0 Å². The Morgan fingerprint density at radius 3 is 2.96 bits per heavy atom. The molecule has 0 amide bonds. The molecule has 142 valence electrons. The zero-order valence-electron chi connectivity index (χ0n) is 15.3. The molecule has 26 heavy (non-hydrogen) atoms. The molecule has 0 spiro atoms. The van der Waals surface area contributed by atoms with Crippen LogP contribution in [0.2, 0.25) is 0 Å². The van der Waals surface area contributed by atoms with Crippen LogP contribution in [0.5, 0.6) is 5.75 Å². The lowest BCUT2D eigenvalue weighted by atomic mass is 10.1. The van der Waals surface area contributed by atoms with Crippen LogP contribution in [0.15, 0.2) is 36.5 Å². The first-order valence-electron chi connectivity index (χ1n) is 8.85. The Balaban J connectivity index is 1.67. The molecule has 3 rings (SSSR count). The normalized spacial score (nSPS) is 17.8. The highest BCUT2D eigenvalue weighted by molar-refractivity contribution is 7.89. The van der Waals surface area contributed by atoms with E-state index in [0.717, 1.165) is 31.1 Å². The van der Waals surface area contributed by atoms with E-state index in [1.165, 1.54) is 5.56 Å². The molecule has 8 heteroatoms. The molecule has 7 nitrogen and oxygen atoms in total. The van der Waals surface area contributed by atoms with Gasteiger partial charge >= 0.3 is 0 Å². The molecule has 2 heterocycles. The monoisotopic (exact) mass is 378 g/mol. The maximum atomic E-state index is 11.6. The van der Waals surface area contributed by atoms with Crippen LogP contribution in [0.25, 0.3) is 0 Å². The topological polar surface area (TPSA) is 76.5 Å². The van der Waals surface area contributed by atoms with Crippen LogP contribution in [-0.2, 0) is 23.1 Å². The highest BCUT2D eigenvalue weighted by Gasteiger charge is 2.25. The van der Waals surface area contributed by atoms with Crippen LogP contribution in [0.3, 0.4) is 0 Å². The largest absolute Gasteiger partial charge is 0.497 e. The summed E-state index contributed by atoms with van der Waals surface area (Å²) in [6, 6.07) is 10.3. The summed E-state index contributed by atoms with van der Waals surface area (Å²) in [4.78, 5) is 2.37. The molecule has 1 aromatic heterocycles. The SMILES string of the molecule is CCS(=O)(=O)NCCC1CN(Cc2cccc(OC)c2)Cc2ccnn21. The number of rotatable bonds is 8. The molecule has 1 N–H and O–H groups in total. The minimum Gasteiger partial charge on any atom is -0.497 e. The third kappa shape index (κ3) is 4.63. The zero-order chi connectivity index (χ0) is 18.6. The van der Waals surface area contributed by atoms with E-state index in [4.69, 9.17) is 4.74 Å². The quantitative estimate of drug-likeness (QED) is 0.758. The Hall–Kier alpha value is -1.90. The van der Waals surface area contributed by atoms with E-state index >= 15 is 0 Å². The van der Waals surface area contributed by atoms with Gasteiger partial charge in [0.2, 0.25) is 10.0 Å². The molecule has 2 aromatic rings. The summed E-state index contributed by atoms with van der Waals surface area (Å²) in [5, 5.41) is 4.44. The van der Waals surface area contributed by atoms with Gasteiger partial charge in [-0.15, -0.1) is 0 Å². The smallest absolute Gasteiger partial charge is 0.211 e. The summed E-state index contributed by atoms with van der Waals surface area (Å²) >= 11 is 0. The van der Waals surface area contributed by atoms with Gasteiger partial charge in [-0.25, -0.2) is 13.1 Å². The Morgan fingerprint density at radius 1 is 1.35 bits per heavy atom. The minimum atomic E-state index is -3.16. The number of nitrogens with one attached hydrogen (secondary N) is 1. The number of ether oxygens (including phenoxy) is 1. The lowest BCUT2D eigenvalue weighted by Gasteiger charge is -2.34. The predicted molar refractivity (Wildman–Crippen MR) is 100 cm³/mol. The predicted octanol–water partition coefficient (Wildman–Crippen LogP) is 1.78. The maximum absolute atomic E-state index is 11.6. The molecule has 0 bridgehead atoms. The maximum Gasteiger partial charge on any atom is 0.211 e. The summed E-state index contributed by atoms with van der Waals surface area (Å²) < 4.78 is 33.3. The van der Waals surface area contributed by atoms with Crippen molar-refractivity contribution in [2.45, 2.75) is 32.5 Å². The molecule has 0 saturated carbocycles. The van der Waals surface area contributed by atoms with Crippen molar-refractivity contribution >= 4 is 10.0 Å². The van der Waals surface area contributed by atoms with Crippen molar-refractivity contribution in [2.24, 2.45) is 0 Å². The van der Waals surface area contributed by atoms with Crippen molar-refractivity contribution < 1.29 is 13.2 Å². The Kier molecular flexibility index (Phi) is 5.95. The third-order valence-electron chi connectivity index (χ3n) is 4.67. The molecule has 1 aliphatic rings. The first-order chi connectivity index (χ1) is 12.5. The van der Waals surface area contributed by atoms with Crippen LogP contribution in [0.4, 0.5) is 0 Å². The van der Waals surface area contributed by atoms with Crippen LogP contribution in [-0.4, -0.2) is 49.1 Å². The van der Waals surface area contributed by atoms with Crippen molar-refractivity contribution in [2.75, 3.05) is 26.0 Å². The average Bonchev–Trinajstić information content (AvgIpc) is 3.10. The summed E-state index contributed by atoms with van der Waals surface area (Å²) in [5.74, 6) is 0.960. The lowest BCUT2D eigenvalue weighted by Crippen LogP contribution is -2.39. The molecule has 0 fully saturated rings. The third-order valence-corrected chi connectivity index (χ3v) is 6.08. The zero-order valence-corrected chi connectivity index (χ0v) is 16.1. The van der Waals surface area contributed by atoms with Crippen molar-refractivity contribution in [1.82, 2.24) is 19.4 Å². The van der Waals surface area contributed by atoms with E-state index in [1.807, 2.05) is 29.1 Å². The average molecular weight is 378 g/mol. The number of methoxy groups -OCH3 is 1. The van der Waals surface area contributed by atoms with Crippen molar-refractivity contribution in [1.29, 1.82) is 0 Å². The van der Waals surface area contributed by atoms with Gasteiger partial charge in [-0.3, -0.25) is 9.58 Å². The fraction of sp³-hybridized carbons (Fsp3) is 0.500. The van der Waals surface area contributed by atoms with Gasteiger partial charge in [0, 0.05) is 32.4 Å². The summed E-state index contributed by atoms with van der Waals surface area (Å²) in [6.07, 6.45) is 2.52. The van der Waals surface area contributed by atoms with Gasteiger partial charge < -0.3 is 4.74 Å². The lowest BCUT2D eigenvalue weighted by molar-refractivity contribution is 0.162. The summed E-state index contributed by atoms with van der Waals surface area (Å²) in [5.41, 5.74) is 2.35. The molecular weight excluding hydrogens is 352 g/mol. The highest BCUT2D eigenvalue weighted by atomic mass is 32.2. The summed E-state index contributed by atoms with van der Waals surface area (Å²) in [7, 11) is -1.49. The van der Waals surface area contributed by atoms with Gasteiger partial charge in [-0.1, -0.05) is 12.1 Å². The van der Waals surface area contributed by atoms with E-state index in [2.05, 4.69) is 26.9 Å². The second kappa shape index (κ2) is 8.20. The first kappa shape index (κ1) is 18.9. The standard InChI is InChI=1S/C18H26N4O3S/c1-3-26(23,24)20-10-8-17-14-21(13-16-7-9-19-22(16)17)12-15-5-4-6-18(11-15)25-2/h4-7,9,11,17,20H,3,8,10,12-14H2,1-2H3. The Morgan fingerprint density at radius 2 is 2.19 bits per heavy atom. The van der Waals surface area contributed by atoms with Gasteiger partial charge in [0.15, 0.2) is 0 Å². The Bertz CT molecular complexity index is 834. The van der Waals surface area contributed by atoms with E-state index in [1.54, 1.807) is 14.0 Å². The summed E-state index contributed by atoms with van der Waals surface area (Å²) in [6.45, 7) is 4.55. The number of benzene rings is 1. The number of aromatic nitrogens is 2. The molecule has 1 unspecified atom stereocenters.